The topological polar surface area (TPSA) is 94.9 Å². The molecule has 1 aliphatic heterocycles. The molecule has 1 aromatic carbocycles. The molecule has 1 heterocycles. The number of hydrogen-bond donors (Lipinski definition) is 2. The van der Waals surface area contributed by atoms with Crippen LogP contribution in [-0.2, 0) is 20.8 Å². The Labute approximate surface area is 180 Å². The first-order valence-corrected chi connectivity index (χ1v) is 10.7. The molecule has 1 unspecified atom stereocenters. The summed E-state index contributed by atoms with van der Waals surface area (Å²) in [6, 6.07) is 6.84. The van der Waals surface area contributed by atoms with E-state index in [2.05, 4.69) is 13.8 Å². The zero-order valence-corrected chi connectivity index (χ0v) is 18.3. The highest BCUT2D eigenvalue weighted by Gasteiger charge is 2.45. The molecule has 8 heteroatoms. The highest BCUT2D eigenvalue weighted by Crippen LogP contribution is 2.36. The minimum absolute atomic E-state index is 0.184. The summed E-state index contributed by atoms with van der Waals surface area (Å²) < 4.78 is 0.184. The molecule has 1 aromatic rings. The number of thiocarbonyl (C=S) groups is 1. The molecule has 1 atom stereocenters. The van der Waals surface area contributed by atoms with E-state index in [1.807, 2.05) is 24.3 Å². The van der Waals surface area contributed by atoms with Gasteiger partial charge in [0, 0.05) is 0 Å². The monoisotopic (exact) mass is 435 g/mol. The lowest BCUT2D eigenvalue weighted by atomic mass is 9.94. The first-order chi connectivity index (χ1) is 13.6. The number of carboxylic acids is 2. The van der Waals surface area contributed by atoms with E-state index >= 15 is 0 Å². The van der Waals surface area contributed by atoms with E-state index < -0.39 is 29.8 Å². The summed E-state index contributed by atoms with van der Waals surface area (Å²) in [5.41, 5.74) is 2.04. The largest absolute Gasteiger partial charge is 0.481 e. The number of nitrogens with zero attached hydrogens (tertiary/aromatic N) is 1. The van der Waals surface area contributed by atoms with Crippen molar-refractivity contribution in [2.45, 2.75) is 46.1 Å². The minimum Gasteiger partial charge on any atom is -0.481 e. The fourth-order valence-corrected chi connectivity index (χ4v) is 4.69. The van der Waals surface area contributed by atoms with Crippen LogP contribution in [0.3, 0.4) is 0 Å². The van der Waals surface area contributed by atoms with Crippen molar-refractivity contribution >= 4 is 52.2 Å². The average molecular weight is 436 g/mol. The predicted octanol–water partition coefficient (Wildman–Crippen LogP) is 4.04. The molecule has 0 aliphatic carbocycles. The van der Waals surface area contributed by atoms with E-state index in [-0.39, 0.29) is 10.7 Å². The molecule has 6 nitrogen and oxygen atoms in total. The molecule has 0 saturated carbocycles. The fourth-order valence-electron chi connectivity index (χ4n) is 3.31. The van der Waals surface area contributed by atoms with Crippen LogP contribution in [-0.4, -0.2) is 43.3 Å². The Balaban J connectivity index is 2.30. The van der Waals surface area contributed by atoms with Crippen LogP contribution in [0.2, 0.25) is 0 Å². The molecule has 156 valence electrons. The normalized spacial score (nSPS) is 16.9. The maximum Gasteiger partial charge on any atom is 0.320 e. The number of amides is 1. The zero-order valence-electron chi connectivity index (χ0n) is 16.6. The molecule has 0 bridgehead atoms. The van der Waals surface area contributed by atoms with Crippen molar-refractivity contribution in [2.24, 2.45) is 11.8 Å². The summed E-state index contributed by atoms with van der Waals surface area (Å²) >= 11 is 6.37. The molecule has 0 radical (unpaired) electrons. The summed E-state index contributed by atoms with van der Waals surface area (Å²) in [4.78, 5) is 37.5. The third kappa shape index (κ3) is 5.67. The molecule has 29 heavy (non-hydrogen) atoms. The lowest BCUT2D eigenvalue weighted by molar-refractivity contribution is -0.157. The maximum atomic E-state index is 13.0. The fraction of sp³-hybridized carbons (Fsp3) is 0.429. The van der Waals surface area contributed by atoms with Gasteiger partial charge in [0.05, 0.1) is 10.9 Å². The van der Waals surface area contributed by atoms with Crippen molar-refractivity contribution in [3.05, 3.63) is 40.3 Å². The maximum absolute atomic E-state index is 13.0. The summed E-state index contributed by atoms with van der Waals surface area (Å²) in [5.74, 6) is -4.59. The first-order valence-electron chi connectivity index (χ1n) is 9.47. The van der Waals surface area contributed by atoms with E-state index in [1.165, 1.54) is 5.56 Å². The van der Waals surface area contributed by atoms with Gasteiger partial charge in [-0.3, -0.25) is 19.3 Å². The minimum atomic E-state index is -1.73. The molecule has 2 rings (SSSR count). The van der Waals surface area contributed by atoms with Crippen LogP contribution >= 0.6 is 24.0 Å². The Bertz CT molecular complexity index is 818. The van der Waals surface area contributed by atoms with Crippen LogP contribution < -0.4 is 0 Å². The van der Waals surface area contributed by atoms with E-state index in [4.69, 9.17) is 12.2 Å². The van der Waals surface area contributed by atoms with Crippen molar-refractivity contribution in [1.82, 2.24) is 4.90 Å². The lowest BCUT2D eigenvalue weighted by Crippen LogP contribution is -2.48. The number of carbonyl (C=O) groups is 3. The molecular weight excluding hydrogens is 410 g/mol. The van der Waals surface area contributed by atoms with Gasteiger partial charge in [0.15, 0.2) is 5.92 Å². The lowest BCUT2D eigenvalue weighted by Gasteiger charge is -2.29. The van der Waals surface area contributed by atoms with Crippen LogP contribution in [0, 0.1) is 11.8 Å². The predicted molar refractivity (Wildman–Crippen MR) is 117 cm³/mol. The van der Waals surface area contributed by atoms with Gasteiger partial charge in [-0.2, -0.15) is 0 Å². The smallest absolute Gasteiger partial charge is 0.320 e. The number of thioether (sulfide) groups is 1. The summed E-state index contributed by atoms with van der Waals surface area (Å²) in [6.07, 6.45) is 3.42. The third-order valence-corrected chi connectivity index (χ3v) is 5.91. The van der Waals surface area contributed by atoms with E-state index in [0.717, 1.165) is 28.6 Å². The van der Waals surface area contributed by atoms with Crippen LogP contribution in [0.25, 0.3) is 6.08 Å². The van der Waals surface area contributed by atoms with Crippen LogP contribution in [0.5, 0.6) is 0 Å². The number of aliphatic carboxylic acids is 2. The van der Waals surface area contributed by atoms with Gasteiger partial charge in [0.2, 0.25) is 0 Å². The number of rotatable bonds is 9. The standard InChI is InChI=1S/C21H25NO5S2/c1-4-5-15(17(19(24)25)20(26)27)22-18(23)16(29-21(22)28)11-14-8-6-13(7-9-14)10-12(2)3/h6-9,11-12,15,17H,4-5,10H2,1-3H3,(H,24,25)(H,26,27). The number of hydrogen-bond acceptors (Lipinski definition) is 5. The number of carbonyl (C=O) groups excluding carboxylic acids is 1. The zero-order chi connectivity index (χ0) is 21.7. The molecule has 1 fully saturated rings. The van der Waals surface area contributed by atoms with Crippen LogP contribution in [0.4, 0.5) is 0 Å². The number of benzene rings is 1. The van der Waals surface area contributed by atoms with Gasteiger partial charge in [-0.05, 0) is 36.0 Å². The summed E-state index contributed by atoms with van der Waals surface area (Å²) in [5, 5.41) is 18.8. The SMILES string of the molecule is CCCC(C(C(=O)O)C(=O)O)N1C(=O)C(=Cc2ccc(CC(C)C)cc2)SC1=S. The van der Waals surface area contributed by atoms with Gasteiger partial charge in [0.25, 0.3) is 5.91 Å². The van der Waals surface area contributed by atoms with Gasteiger partial charge >= 0.3 is 11.9 Å². The summed E-state index contributed by atoms with van der Waals surface area (Å²) in [6.45, 7) is 6.10. The average Bonchev–Trinajstić information content (AvgIpc) is 2.88. The first kappa shape index (κ1) is 23.1. The van der Waals surface area contributed by atoms with Crippen LogP contribution in [0.15, 0.2) is 29.2 Å². The van der Waals surface area contributed by atoms with E-state index in [0.29, 0.717) is 17.2 Å². The molecule has 1 amide bonds. The van der Waals surface area contributed by atoms with Crippen molar-refractivity contribution in [3.8, 4) is 0 Å². The van der Waals surface area contributed by atoms with Gasteiger partial charge < -0.3 is 10.2 Å². The third-order valence-electron chi connectivity index (χ3n) is 4.58. The molecule has 0 aromatic heterocycles. The Morgan fingerprint density at radius 1 is 1.17 bits per heavy atom. The summed E-state index contributed by atoms with van der Waals surface area (Å²) in [7, 11) is 0. The van der Waals surface area contributed by atoms with Gasteiger partial charge in [-0.15, -0.1) is 0 Å². The second-order valence-corrected chi connectivity index (χ2v) is 9.08. The van der Waals surface area contributed by atoms with Crippen molar-refractivity contribution in [1.29, 1.82) is 0 Å². The van der Waals surface area contributed by atoms with Crippen LogP contribution in [0.1, 0.15) is 44.7 Å². The molecule has 1 saturated heterocycles. The van der Waals surface area contributed by atoms with E-state index in [9.17, 15) is 24.6 Å². The van der Waals surface area contributed by atoms with Crippen molar-refractivity contribution in [3.63, 3.8) is 0 Å². The van der Waals surface area contributed by atoms with Crippen molar-refractivity contribution in [2.75, 3.05) is 0 Å². The highest BCUT2D eigenvalue weighted by atomic mass is 32.2. The van der Waals surface area contributed by atoms with Crippen molar-refractivity contribution < 1.29 is 24.6 Å². The Hall–Kier alpha value is -2.19. The molecule has 2 N–H and O–H groups in total. The quantitative estimate of drug-likeness (QED) is 0.343. The Kier molecular flexibility index (Phi) is 7.98. The molecule has 1 aliphatic rings. The van der Waals surface area contributed by atoms with Gasteiger partial charge in [-0.25, -0.2) is 0 Å². The van der Waals surface area contributed by atoms with Gasteiger partial charge in [0.1, 0.15) is 4.32 Å². The second kappa shape index (κ2) is 10.0. The molecular formula is C21H25NO5S2. The second-order valence-electron chi connectivity index (χ2n) is 7.40. The Morgan fingerprint density at radius 2 is 1.76 bits per heavy atom. The van der Waals surface area contributed by atoms with Gasteiger partial charge in [-0.1, -0.05) is 75.4 Å². The Morgan fingerprint density at radius 3 is 2.24 bits per heavy atom. The molecule has 0 spiro atoms. The highest BCUT2D eigenvalue weighted by molar-refractivity contribution is 8.26. The number of carboxylic acid groups (broad SMARTS) is 2. The van der Waals surface area contributed by atoms with E-state index in [1.54, 1.807) is 13.0 Å².